The normalized spacial score (nSPS) is 16.8. The van der Waals surface area contributed by atoms with Crippen LogP contribution in [0.3, 0.4) is 0 Å². The number of hydrogen-bond donors (Lipinski definition) is 0. The number of rotatable bonds is 4. The summed E-state index contributed by atoms with van der Waals surface area (Å²) in [6.45, 7) is 0.953. The van der Waals surface area contributed by atoms with E-state index < -0.39 is 12.1 Å². The molecule has 1 fully saturated rings. The van der Waals surface area contributed by atoms with E-state index in [1.165, 1.54) is 18.7 Å². The summed E-state index contributed by atoms with van der Waals surface area (Å²) in [7, 11) is 0. The number of alkyl halides is 3. The van der Waals surface area contributed by atoms with Gasteiger partial charge >= 0.3 is 12.1 Å². The summed E-state index contributed by atoms with van der Waals surface area (Å²) < 4.78 is 47.8. The molecule has 0 N–H and O–H groups in total. The molecular weight excluding hydrogens is 391 g/mol. The molecule has 1 aromatic carbocycles. The van der Waals surface area contributed by atoms with Gasteiger partial charge in [0.1, 0.15) is 18.2 Å². The third-order valence-corrected chi connectivity index (χ3v) is 4.32. The van der Waals surface area contributed by atoms with Crippen molar-refractivity contribution in [2.75, 3.05) is 13.1 Å². The first kappa shape index (κ1) is 18.8. The Balaban J connectivity index is 1.37. The Morgan fingerprint density at radius 1 is 1.17 bits per heavy atom. The number of halogens is 3. The van der Waals surface area contributed by atoms with Crippen LogP contribution in [0.4, 0.5) is 13.2 Å². The molecule has 1 saturated heterocycles. The summed E-state index contributed by atoms with van der Waals surface area (Å²) in [5, 5.41) is 3.34. The fourth-order valence-electron chi connectivity index (χ4n) is 2.93. The summed E-state index contributed by atoms with van der Waals surface area (Å²) in [5.41, 5.74) is 0.778. The molecular formula is C18H14F3N5O3. The molecule has 1 aliphatic heterocycles. The van der Waals surface area contributed by atoms with Crippen LogP contribution in [0, 0.1) is 0 Å². The molecule has 1 unspecified atom stereocenters. The second kappa shape index (κ2) is 7.49. The smallest absolute Gasteiger partial charge is 0.471 e. The van der Waals surface area contributed by atoms with Gasteiger partial charge in [0.25, 0.3) is 5.91 Å². The molecule has 0 radical (unpaired) electrons. The second-order valence-corrected chi connectivity index (χ2v) is 6.35. The number of hydrogen-bond acceptors (Lipinski definition) is 7. The Kier molecular flexibility index (Phi) is 4.87. The van der Waals surface area contributed by atoms with Crippen LogP contribution in [-0.2, 0) is 6.18 Å². The lowest BCUT2D eigenvalue weighted by atomic mass is 10.2. The van der Waals surface area contributed by atoms with Crippen LogP contribution in [0.25, 0.3) is 11.4 Å². The number of amides is 1. The van der Waals surface area contributed by atoms with Crippen LogP contribution >= 0.6 is 0 Å². The van der Waals surface area contributed by atoms with Crippen molar-refractivity contribution in [2.24, 2.45) is 0 Å². The van der Waals surface area contributed by atoms with Gasteiger partial charge in [-0.2, -0.15) is 18.2 Å². The van der Waals surface area contributed by atoms with Crippen LogP contribution in [-0.4, -0.2) is 50.1 Å². The molecule has 11 heteroatoms. The van der Waals surface area contributed by atoms with Gasteiger partial charge in [-0.05, 0) is 24.3 Å². The largest absolute Gasteiger partial charge is 0.489 e. The van der Waals surface area contributed by atoms with Gasteiger partial charge in [-0.1, -0.05) is 5.16 Å². The first-order valence-corrected chi connectivity index (χ1v) is 8.62. The first-order chi connectivity index (χ1) is 13.9. The SMILES string of the molecule is O=C(c1cncnc1)N1CCC(Oc2ccc(-c3noc(C(F)(F)F)n3)cc2)C1. The third-order valence-electron chi connectivity index (χ3n) is 4.32. The van der Waals surface area contributed by atoms with Crippen LogP contribution in [0.15, 0.2) is 47.5 Å². The van der Waals surface area contributed by atoms with E-state index >= 15 is 0 Å². The highest BCUT2D eigenvalue weighted by Gasteiger charge is 2.38. The highest BCUT2D eigenvalue weighted by atomic mass is 19.4. The molecule has 0 bridgehead atoms. The molecule has 1 atom stereocenters. The van der Waals surface area contributed by atoms with Gasteiger partial charge in [0.15, 0.2) is 0 Å². The number of likely N-dealkylation sites (tertiary alicyclic amines) is 1. The molecule has 3 aromatic rings. The number of ether oxygens (including phenoxy) is 1. The highest BCUT2D eigenvalue weighted by Crippen LogP contribution is 2.30. The van der Waals surface area contributed by atoms with Gasteiger partial charge in [-0.15, -0.1) is 0 Å². The van der Waals surface area contributed by atoms with E-state index in [0.29, 0.717) is 36.4 Å². The average molecular weight is 405 g/mol. The maximum absolute atomic E-state index is 12.6. The summed E-state index contributed by atoms with van der Waals surface area (Å²) >= 11 is 0. The van der Waals surface area contributed by atoms with Crippen LogP contribution < -0.4 is 4.74 Å². The molecule has 3 heterocycles. The highest BCUT2D eigenvalue weighted by molar-refractivity contribution is 5.93. The van der Waals surface area contributed by atoms with Crippen molar-refractivity contribution >= 4 is 5.91 Å². The zero-order valence-electron chi connectivity index (χ0n) is 14.8. The van der Waals surface area contributed by atoms with E-state index in [1.807, 2.05) is 0 Å². The van der Waals surface area contributed by atoms with Crippen LogP contribution in [0.1, 0.15) is 22.7 Å². The van der Waals surface area contributed by atoms with Gasteiger partial charge in [0, 0.05) is 30.9 Å². The molecule has 1 amide bonds. The van der Waals surface area contributed by atoms with E-state index in [9.17, 15) is 18.0 Å². The van der Waals surface area contributed by atoms with Gasteiger partial charge in [0.2, 0.25) is 5.82 Å². The maximum Gasteiger partial charge on any atom is 0.471 e. The number of benzene rings is 1. The molecule has 2 aromatic heterocycles. The fourth-order valence-corrected chi connectivity index (χ4v) is 2.93. The molecule has 29 heavy (non-hydrogen) atoms. The maximum atomic E-state index is 12.6. The minimum atomic E-state index is -4.69. The lowest BCUT2D eigenvalue weighted by Crippen LogP contribution is -2.31. The van der Waals surface area contributed by atoms with E-state index in [2.05, 4.69) is 24.6 Å². The molecule has 8 nitrogen and oxygen atoms in total. The zero-order valence-corrected chi connectivity index (χ0v) is 14.8. The van der Waals surface area contributed by atoms with Gasteiger partial charge < -0.3 is 14.2 Å². The van der Waals surface area contributed by atoms with Gasteiger partial charge in [0.05, 0.1) is 12.1 Å². The Morgan fingerprint density at radius 2 is 1.90 bits per heavy atom. The number of carbonyl (C=O) groups excluding carboxylic acids is 1. The molecule has 0 aliphatic carbocycles. The van der Waals surface area contributed by atoms with Crippen LogP contribution in [0.2, 0.25) is 0 Å². The standard InChI is InChI=1S/C18H14F3N5O3/c19-18(20,21)17-24-15(25-29-17)11-1-3-13(4-2-11)28-14-5-6-26(9-14)16(27)12-7-22-10-23-8-12/h1-4,7-8,10,14H,5-6,9H2. The molecule has 150 valence electrons. The second-order valence-electron chi connectivity index (χ2n) is 6.35. The zero-order chi connectivity index (χ0) is 20.4. The first-order valence-electron chi connectivity index (χ1n) is 8.62. The van der Waals surface area contributed by atoms with Crippen LogP contribution in [0.5, 0.6) is 5.75 Å². The monoisotopic (exact) mass is 405 g/mol. The van der Waals surface area contributed by atoms with Gasteiger partial charge in [-0.3, -0.25) is 4.79 Å². The fraction of sp³-hybridized carbons (Fsp3) is 0.278. The molecule has 0 spiro atoms. The summed E-state index contributed by atoms with van der Waals surface area (Å²) in [5.74, 6) is -1.20. The van der Waals surface area contributed by atoms with Gasteiger partial charge in [-0.25, -0.2) is 9.97 Å². The number of carbonyl (C=O) groups is 1. The summed E-state index contributed by atoms with van der Waals surface area (Å²) in [6, 6.07) is 6.29. The summed E-state index contributed by atoms with van der Waals surface area (Å²) in [4.78, 5) is 25.1. The quantitative estimate of drug-likeness (QED) is 0.659. The van der Waals surface area contributed by atoms with Crippen molar-refractivity contribution < 1.29 is 27.2 Å². The lowest BCUT2D eigenvalue weighted by Gasteiger charge is -2.17. The average Bonchev–Trinajstić information content (AvgIpc) is 3.38. The Labute approximate surface area is 162 Å². The Morgan fingerprint density at radius 3 is 2.55 bits per heavy atom. The van der Waals surface area contributed by atoms with Crippen molar-refractivity contribution in [1.29, 1.82) is 0 Å². The minimum Gasteiger partial charge on any atom is -0.489 e. The number of aromatic nitrogens is 4. The Hall–Kier alpha value is -3.50. The van der Waals surface area contributed by atoms with Crippen molar-refractivity contribution in [1.82, 2.24) is 25.0 Å². The number of nitrogens with zero attached hydrogens (tertiary/aromatic N) is 5. The Bertz CT molecular complexity index is 992. The molecule has 4 rings (SSSR count). The third kappa shape index (κ3) is 4.18. The minimum absolute atomic E-state index is 0.161. The topological polar surface area (TPSA) is 94.2 Å². The lowest BCUT2D eigenvalue weighted by molar-refractivity contribution is -0.159. The van der Waals surface area contributed by atoms with E-state index in [4.69, 9.17) is 4.74 Å². The van der Waals surface area contributed by atoms with Crippen molar-refractivity contribution in [2.45, 2.75) is 18.7 Å². The van der Waals surface area contributed by atoms with E-state index in [1.54, 1.807) is 29.2 Å². The van der Waals surface area contributed by atoms with Crippen molar-refractivity contribution in [3.8, 4) is 17.1 Å². The predicted octanol–water partition coefficient (Wildman–Crippen LogP) is 2.84. The van der Waals surface area contributed by atoms with Crippen molar-refractivity contribution in [3.05, 3.63) is 54.4 Å². The summed E-state index contributed by atoms with van der Waals surface area (Å²) in [6.07, 6.45) is 0.0488. The molecule has 0 saturated carbocycles. The van der Waals surface area contributed by atoms with E-state index in [-0.39, 0.29) is 17.8 Å². The van der Waals surface area contributed by atoms with Crippen molar-refractivity contribution in [3.63, 3.8) is 0 Å². The predicted molar refractivity (Wildman–Crippen MR) is 91.7 cm³/mol. The molecule has 1 aliphatic rings. The van der Waals surface area contributed by atoms with E-state index in [0.717, 1.165) is 0 Å².